The van der Waals surface area contributed by atoms with E-state index in [1.165, 1.54) is 0 Å². The Labute approximate surface area is 116 Å². The average Bonchev–Trinajstić information content (AvgIpc) is 2.44. The zero-order valence-electron chi connectivity index (χ0n) is 12.3. The number of amides is 1. The molecule has 19 heavy (non-hydrogen) atoms. The Balaban J connectivity index is 2.80. The Morgan fingerprint density at radius 3 is 2.42 bits per heavy atom. The molecule has 2 N–H and O–H groups in total. The summed E-state index contributed by atoms with van der Waals surface area (Å²) in [6.07, 6.45) is 2.63. The average molecular weight is 262 g/mol. The zero-order valence-corrected chi connectivity index (χ0v) is 12.3. The van der Waals surface area contributed by atoms with Gasteiger partial charge in [-0.2, -0.15) is 0 Å². The second kappa shape index (κ2) is 7.95. The van der Waals surface area contributed by atoms with Crippen LogP contribution in [-0.4, -0.2) is 22.9 Å². The Kier molecular flexibility index (Phi) is 6.57. The SMILES string of the molecule is CCC[C@@H](N)C(=O)N(Cc1ccccc1)C(C)CC. The molecule has 2 atom stereocenters. The van der Waals surface area contributed by atoms with Gasteiger partial charge in [-0.25, -0.2) is 0 Å². The number of nitrogens with two attached hydrogens (primary N) is 1. The van der Waals surface area contributed by atoms with Gasteiger partial charge in [0, 0.05) is 12.6 Å². The molecule has 0 saturated heterocycles. The smallest absolute Gasteiger partial charge is 0.240 e. The lowest BCUT2D eigenvalue weighted by Gasteiger charge is -2.31. The van der Waals surface area contributed by atoms with Gasteiger partial charge in [0.05, 0.1) is 6.04 Å². The molecule has 1 aromatic rings. The van der Waals surface area contributed by atoms with Crippen molar-refractivity contribution in [3.63, 3.8) is 0 Å². The molecule has 106 valence electrons. The Morgan fingerprint density at radius 2 is 1.89 bits per heavy atom. The summed E-state index contributed by atoms with van der Waals surface area (Å²) in [5.41, 5.74) is 7.14. The van der Waals surface area contributed by atoms with Gasteiger partial charge in [0.25, 0.3) is 0 Å². The fourth-order valence-electron chi connectivity index (χ4n) is 2.10. The van der Waals surface area contributed by atoms with Gasteiger partial charge in [0.1, 0.15) is 0 Å². The van der Waals surface area contributed by atoms with E-state index in [2.05, 4.69) is 20.8 Å². The van der Waals surface area contributed by atoms with E-state index >= 15 is 0 Å². The monoisotopic (exact) mass is 262 g/mol. The van der Waals surface area contributed by atoms with Gasteiger partial charge in [-0.1, -0.05) is 50.6 Å². The van der Waals surface area contributed by atoms with Crippen molar-refractivity contribution in [2.75, 3.05) is 0 Å². The van der Waals surface area contributed by atoms with Gasteiger partial charge in [0.2, 0.25) is 5.91 Å². The number of carbonyl (C=O) groups is 1. The van der Waals surface area contributed by atoms with Gasteiger partial charge >= 0.3 is 0 Å². The van der Waals surface area contributed by atoms with Crippen molar-refractivity contribution in [3.8, 4) is 0 Å². The molecule has 1 amide bonds. The molecule has 3 heteroatoms. The van der Waals surface area contributed by atoms with Crippen LogP contribution in [0.3, 0.4) is 0 Å². The van der Waals surface area contributed by atoms with Crippen LogP contribution in [0.15, 0.2) is 30.3 Å². The standard InChI is InChI=1S/C16H26N2O/c1-4-9-15(17)16(19)18(13(3)5-2)12-14-10-7-6-8-11-14/h6-8,10-11,13,15H,4-5,9,12,17H2,1-3H3/t13?,15-/m1/s1. The summed E-state index contributed by atoms with van der Waals surface area (Å²) in [7, 11) is 0. The Bertz CT molecular complexity index is 378. The van der Waals surface area contributed by atoms with E-state index in [0.717, 1.165) is 24.8 Å². The molecule has 0 aromatic heterocycles. The van der Waals surface area contributed by atoms with Crippen LogP contribution in [0.25, 0.3) is 0 Å². The summed E-state index contributed by atoms with van der Waals surface area (Å²) in [5.74, 6) is 0.0695. The second-order valence-electron chi connectivity index (χ2n) is 5.10. The number of hydrogen-bond acceptors (Lipinski definition) is 2. The lowest BCUT2D eigenvalue weighted by Crippen LogP contribution is -2.47. The summed E-state index contributed by atoms with van der Waals surface area (Å²) < 4.78 is 0. The third kappa shape index (κ3) is 4.67. The van der Waals surface area contributed by atoms with Gasteiger partial charge in [0.15, 0.2) is 0 Å². The fraction of sp³-hybridized carbons (Fsp3) is 0.562. The van der Waals surface area contributed by atoms with E-state index < -0.39 is 0 Å². The highest BCUT2D eigenvalue weighted by Gasteiger charge is 2.23. The van der Waals surface area contributed by atoms with E-state index in [9.17, 15) is 4.79 Å². The van der Waals surface area contributed by atoms with Crippen molar-refractivity contribution in [2.24, 2.45) is 5.73 Å². The molecule has 0 heterocycles. The zero-order chi connectivity index (χ0) is 14.3. The van der Waals surface area contributed by atoms with Crippen LogP contribution in [0.5, 0.6) is 0 Å². The molecule has 0 saturated carbocycles. The molecule has 0 bridgehead atoms. The van der Waals surface area contributed by atoms with Crippen LogP contribution in [0.1, 0.15) is 45.6 Å². The highest BCUT2D eigenvalue weighted by molar-refractivity contribution is 5.81. The van der Waals surface area contributed by atoms with Crippen LogP contribution < -0.4 is 5.73 Å². The van der Waals surface area contributed by atoms with E-state index in [4.69, 9.17) is 5.73 Å². The molecule has 0 aliphatic rings. The first-order valence-electron chi connectivity index (χ1n) is 7.20. The minimum Gasteiger partial charge on any atom is -0.334 e. The van der Waals surface area contributed by atoms with Crippen molar-refractivity contribution in [1.82, 2.24) is 4.90 Å². The number of rotatable bonds is 7. The third-order valence-corrected chi connectivity index (χ3v) is 3.52. The van der Waals surface area contributed by atoms with Crippen LogP contribution in [0.2, 0.25) is 0 Å². The molecular formula is C16H26N2O. The van der Waals surface area contributed by atoms with Crippen molar-refractivity contribution in [1.29, 1.82) is 0 Å². The predicted octanol–water partition coefficient (Wildman–Crippen LogP) is 2.94. The lowest BCUT2D eigenvalue weighted by atomic mass is 10.1. The Hall–Kier alpha value is -1.35. The predicted molar refractivity (Wildman–Crippen MR) is 79.6 cm³/mol. The second-order valence-corrected chi connectivity index (χ2v) is 5.10. The van der Waals surface area contributed by atoms with Crippen LogP contribution in [0, 0.1) is 0 Å². The topological polar surface area (TPSA) is 46.3 Å². The number of hydrogen-bond donors (Lipinski definition) is 1. The van der Waals surface area contributed by atoms with E-state index in [0.29, 0.717) is 6.54 Å². The van der Waals surface area contributed by atoms with Crippen LogP contribution in [-0.2, 0) is 11.3 Å². The molecule has 0 spiro atoms. The minimum atomic E-state index is -0.372. The summed E-state index contributed by atoms with van der Waals surface area (Å²) >= 11 is 0. The molecule has 1 unspecified atom stereocenters. The van der Waals surface area contributed by atoms with Crippen molar-refractivity contribution < 1.29 is 4.79 Å². The quantitative estimate of drug-likeness (QED) is 0.821. The van der Waals surface area contributed by atoms with Gasteiger partial charge in [-0.15, -0.1) is 0 Å². The molecule has 0 aliphatic heterocycles. The molecular weight excluding hydrogens is 236 g/mol. The first-order valence-corrected chi connectivity index (χ1v) is 7.20. The molecule has 0 aliphatic carbocycles. The fourth-order valence-corrected chi connectivity index (χ4v) is 2.10. The first-order chi connectivity index (χ1) is 9.10. The largest absolute Gasteiger partial charge is 0.334 e. The summed E-state index contributed by atoms with van der Waals surface area (Å²) in [6.45, 7) is 6.88. The summed E-state index contributed by atoms with van der Waals surface area (Å²) in [6, 6.07) is 9.93. The van der Waals surface area contributed by atoms with Gasteiger partial charge in [-0.05, 0) is 25.3 Å². The molecule has 1 rings (SSSR count). The van der Waals surface area contributed by atoms with Crippen LogP contribution >= 0.6 is 0 Å². The molecule has 0 fully saturated rings. The maximum absolute atomic E-state index is 12.4. The van der Waals surface area contributed by atoms with E-state index in [1.807, 2.05) is 35.2 Å². The highest BCUT2D eigenvalue weighted by Crippen LogP contribution is 2.13. The van der Waals surface area contributed by atoms with Crippen molar-refractivity contribution >= 4 is 5.91 Å². The van der Waals surface area contributed by atoms with Crippen LogP contribution in [0.4, 0.5) is 0 Å². The van der Waals surface area contributed by atoms with Crippen molar-refractivity contribution in [2.45, 2.75) is 58.7 Å². The maximum atomic E-state index is 12.4. The summed E-state index contributed by atoms with van der Waals surface area (Å²) in [4.78, 5) is 14.4. The molecule has 0 radical (unpaired) electrons. The first kappa shape index (κ1) is 15.7. The molecule has 3 nitrogen and oxygen atoms in total. The van der Waals surface area contributed by atoms with E-state index in [1.54, 1.807) is 0 Å². The lowest BCUT2D eigenvalue weighted by molar-refractivity contribution is -0.135. The molecule has 1 aromatic carbocycles. The van der Waals surface area contributed by atoms with Gasteiger partial charge in [-0.3, -0.25) is 4.79 Å². The van der Waals surface area contributed by atoms with Gasteiger partial charge < -0.3 is 10.6 Å². The number of benzene rings is 1. The normalized spacial score (nSPS) is 13.9. The maximum Gasteiger partial charge on any atom is 0.240 e. The number of nitrogens with zero attached hydrogens (tertiary/aromatic N) is 1. The number of carbonyl (C=O) groups excluding carboxylic acids is 1. The third-order valence-electron chi connectivity index (χ3n) is 3.52. The van der Waals surface area contributed by atoms with Crippen molar-refractivity contribution in [3.05, 3.63) is 35.9 Å². The van der Waals surface area contributed by atoms with E-state index in [-0.39, 0.29) is 18.0 Å². The minimum absolute atomic E-state index is 0.0695. The Morgan fingerprint density at radius 1 is 1.26 bits per heavy atom. The highest BCUT2D eigenvalue weighted by atomic mass is 16.2. The summed E-state index contributed by atoms with van der Waals surface area (Å²) in [5, 5.41) is 0.